The molecule has 0 fully saturated rings. The van der Waals surface area contributed by atoms with Gasteiger partial charge in [0.15, 0.2) is 5.76 Å². The lowest BCUT2D eigenvalue weighted by atomic mass is 10.0. The Hall–Kier alpha value is -5.06. The molecule has 0 saturated heterocycles. The van der Waals surface area contributed by atoms with E-state index in [1.54, 1.807) is 73.5 Å². The van der Waals surface area contributed by atoms with Crippen molar-refractivity contribution in [1.82, 2.24) is 14.3 Å². The van der Waals surface area contributed by atoms with Crippen LogP contribution in [0, 0.1) is 6.92 Å². The molecule has 0 aliphatic carbocycles. The van der Waals surface area contributed by atoms with Gasteiger partial charge in [0.05, 0.1) is 37.5 Å². The Balaban J connectivity index is 1.60. The SMILES string of the molecule is COC(=O)Cc1ccc(-c2cnn(C)c2)c(Oc2ccc(C(F)(F)F)cc2Cn2c(C)c(-c3ccccc3)oc2=O)c1. The minimum Gasteiger partial charge on any atom is -0.469 e. The first kappa shape index (κ1) is 28.5. The highest BCUT2D eigenvalue weighted by Crippen LogP contribution is 2.38. The molecule has 0 amide bonds. The van der Waals surface area contributed by atoms with Crippen LogP contribution in [0.3, 0.4) is 0 Å². The van der Waals surface area contributed by atoms with Crippen LogP contribution in [-0.4, -0.2) is 27.4 Å². The lowest BCUT2D eigenvalue weighted by molar-refractivity contribution is -0.140. The quantitative estimate of drug-likeness (QED) is 0.199. The molecule has 3 aromatic carbocycles. The van der Waals surface area contributed by atoms with Gasteiger partial charge in [-0.2, -0.15) is 18.3 Å². The van der Waals surface area contributed by atoms with Crippen molar-refractivity contribution >= 4 is 5.97 Å². The van der Waals surface area contributed by atoms with Crippen LogP contribution < -0.4 is 10.5 Å². The molecule has 8 nitrogen and oxygen atoms in total. The van der Waals surface area contributed by atoms with Gasteiger partial charge in [-0.3, -0.25) is 14.0 Å². The molecule has 0 radical (unpaired) electrons. The van der Waals surface area contributed by atoms with E-state index in [9.17, 15) is 22.8 Å². The fourth-order valence-corrected chi connectivity index (χ4v) is 4.58. The first-order valence-electron chi connectivity index (χ1n) is 12.9. The molecule has 216 valence electrons. The van der Waals surface area contributed by atoms with Gasteiger partial charge in [-0.05, 0) is 36.8 Å². The van der Waals surface area contributed by atoms with Crippen LogP contribution in [0.2, 0.25) is 0 Å². The number of halogens is 3. The number of benzene rings is 3. The number of ether oxygens (including phenoxy) is 2. The van der Waals surface area contributed by atoms with Gasteiger partial charge in [0.25, 0.3) is 0 Å². The van der Waals surface area contributed by atoms with Crippen LogP contribution in [0.15, 0.2) is 88.3 Å². The number of carbonyl (C=O) groups is 1. The van der Waals surface area contributed by atoms with Crippen LogP contribution in [0.4, 0.5) is 13.2 Å². The fraction of sp³-hybridized carbons (Fsp3) is 0.194. The zero-order chi connectivity index (χ0) is 30.0. The van der Waals surface area contributed by atoms with Crippen molar-refractivity contribution in [3.63, 3.8) is 0 Å². The molecule has 5 rings (SSSR count). The van der Waals surface area contributed by atoms with Gasteiger partial charge >= 0.3 is 17.9 Å². The number of hydrogen-bond donors (Lipinski definition) is 0. The number of methoxy groups -OCH3 is 1. The molecule has 2 heterocycles. The van der Waals surface area contributed by atoms with E-state index in [1.165, 1.54) is 17.7 Å². The average molecular weight is 578 g/mol. The summed E-state index contributed by atoms with van der Waals surface area (Å²) in [4.78, 5) is 24.8. The summed E-state index contributed by atoms with van der Waals surface area (Å²) in [6, 6.07) is 17.1. The monoisotopic (exact) mass is 577 g/mol. The maximum Gasteiger partial charge on any atom is 0.420 e. The van der Waals surface area contributed by atoms with Crippen molar-refractivity contribution in [2.45, 2.75) is 26.1 Å². The number of alkyl halides is 3. The molecule has 0 aliphatic rings. The molecule has 42 heavy (non-hydrogen) atoms. The molecule has 5 aromatic rings. The van der Waals surface area contributed by atoms with E-state index in [-0.39, 0.29) is 30.0 Å². The molecule has 0 saturated carbocycles. The number of aromatic nitrogens is 3. The predicted octanol–water partition coefficient (Wildman–Crippen LogP) is 6.39. The second kappa shape index (κ2) is 11.4. The van der Waals surface area contributed by atoms with Gasteiger partial charge in [-0.1, -0.05) is 42.5 Å². The minimum atomic E-state index is -4.62. The lowest BCUT2D eigenvalue weighted by Crippen LogP contribution is -2.17. The van der Waals surface area contributed by atoms with Crippen LogP contribution in [-0.2, 0) is 35.7 Å². The normalized spacial score (nSPS) is 11.5. The molecule has 0 atom stereocenters. The topological polar surface area (TPSA) is 88.5 Å². The maximum atomic E-state index is 13.8. The summed E-state index contributed by atoms with van der Waals surface area (Å²) < 4.78 is 60.7. The van der Waals surface area contributed by atoms with E-state index in [4.69, 9.17) is 13.9 Å². The molecular weight excluding hydrogens is 551 g/mol. The van der Waals surface area contributed by atoms with E-state index in [2.05, 4.69) is 5.10 Å². The van der Waals surface area contributed by atoms with Crippen molar-refractivity contribution in [1.29, 1.82) is 0 Å². The summed E-state index contributed by atoms with van der Waals surface area (Å²) in [6.45, 7) is 1.42. The zero-order valence-corrected chi connectivity index (χ0v) is 22.9. The van der Waals surface area contributed by atoms with Gasteiger partial charge in [-0.25, -0.2) is 4.79 Å². The number of oxazole rings is 1. The van der Waals surface area contributed by atoms with E-state index >= 15 is 0 Å². The second-order valence-corrected chi connectivity index (χ2v) is 9.64. The number of esters is 1. The Morgan fingerprint density at radius 3 is 2.43 bits per heavy atom. The third-order valence-electron chi connectivity index (χ3n) is 6.75. The Bertz CT molecular complexity index is 1800. The number of carbonyl (C=O) groups excluding carboxylic acids is 1. The van der Waals surface area contributed by atoms with Crippen molar-refractivity contribution in [3.05, 3.63) is 112 Å². The smallest absolute Gasteiger partial charge is 0.420 e. The number of rotatable bonds is 8. The highest BCUT2D eigenvalue weighted by Gasteiger charge is 2.31. The summed E-state index contributed by atoms with van der Waals surface area (Å²) in [6.07, 6.45) is -1.28. The number of aryl methyl sites for hydroxylation is 1. The van der Waals surface area contributed by atoms with Crippen molar-refractivity contribution in [3.8, 4) is 33.9 Å². The first-order valence-corrected chi connectivity index (χ1v) is 12.9. The molecular formula is C31H26F3N3O5. The highest BCUT2D eigenvalue weighted by molar-refractivity contribution is 5.75. The van der Waals surface area contributed by atoms with Crippen molar-refractivity contribution in [2.75, 3.05) is 7.11 Å². The summed E-state index contributed by atoms with van der Waals surface area (Å²) >= 11 is 0. The van der Waals surface area contributed by atoms with Gasteiger partial charge in [0, 0.05) is 35.5 Å². The zero-order valence-electron chi connectivity index (χ0n) is 22.9. The Kier molecular flexibility index (Phi) is 7.75. The largest absolute Gasteiger partial charge is 0.469 e. The first-order chi connectivity index (χ1) is 20.0. The highest BCUT2D eigenvalue weighted by atomic mass is 19.4. The fourth-order valence-electron chi connectivity index (χ4n) is 4.58. The lowest BCUT2D eigenvalue weighted by Gasteiger charge is -2.17. The van der Waals surface area contributed by atoms with Crippen LogP contribution in [0.1, 0.15) is 22.4 Å². The number of hydrogen-bond acceptors (Lipinski definition) is 6. The maximum absolute atomic E-state index is 13.8. The molecule has 0 N–H and O–H groups in total. The second-order valence-electron chi connectivity index (χ2n) is 9.64. The summed E-state index contributed by atoms with van der Waals surface area (Å²) in [7, 11) is 3.03. The summed E-state index contributed by atoms with van der Waals surface area (Å²) in [5.74, 6) is -0.478. The van der Waals surface area contributed by atoms with Crippen LogP contribution in [0.5, 0.6) is 11.5 Å². The van der Waals surface area contributed by atoms with E-state index < -0.39 is 23.5 Å². The predicted molar refractivity (Wildman–Crippen MR) is 148 cm³/mol. The Morgan fingerprint density at radius 1 is 1.00 bits per heavy atom. The standard InChI is InChI=1S/C31H26F3N3O5/c1-19-29(21-7-5-4-6-8-21)42-30(39)37(19)18-22-15-24(31(32,33)34)10-12-26(22)41-27-13-20(14-28(38)40-3)9-11-25(27)23-16-35-36(2)17-23/h4-13,15-17H,14,18H2,1-3H3. The molecule has 11 heteroatoms. The van der Waals surface area contributed by atoms with E-state index in [0.717, 1.165) is 12.1 Å². The molecule has 0 bridgehead atoms. The summed E-state index contributed by atoms with van der Waals surface area (Å²) in [5, 5.41) is 4.20. The minimum absolute atomic E-state index is 0.0358. The van der Waals surface area contributed by atoms with Crippen LogP contribution >= 0.6 is 0 Å². The Morgan fingerprint density at radius 2 is 1.76 bits per heavy atom. The van der Waals surface area contributed by atoms with Gasteiger partial charge in [0.2, 0.25) is 0 Å². The van der Waals surface area contributed by atoms with Crippen molar-refractivity contribution < 1.29 is 31.9 Å². The molecule has 0 unspecified atom stereocenters. The van der Waals surface area contributed by atoms with Crippen molar-refractivity contribution in [2.24, 2.45) is 7.05 Å². The third-order valence-corrected chi connectivity index (χ3v) is 6.75. The molecule has 0 spiro atoms. The summed E-state index contributed by atoms with van der Waals surface area (Å²) in [5.41, 5.74) is 2.19. The average Bonchev–Trinajstić information content (AvgIpc) is 3.52. The third kappa shape index (κ3) is 5.99. The van der Waals surface area contributed by atoms with E-state index in [0.29, 0.717) is 33.7 Å². The van der Waals surface area contributed by atoms with Crippen LogP contribution in [0.25, 0.3) is 22.5 Å². The van der Waals surface area contributed by atoms with E-state index in [1.807, 2.05) is 6.07 Å². The van der Waals surface area contributed by atoms with Gasteiger partial charge in [0.1, 0.15) is 11.5 Å². The Labute approximate surface area is 238 Å². The van der Waals surface area contributed by atoms with Gasteiger partial charge < -0.3 is 13.9 Å². The van der Waals surface area contributed by atoms with Gasteiger partial charge in [-0.15, -0.1) is 0 Å². The molecule has 2 aromatic heterocycles. The molecule has 0 aliphatic heterocycles. The number of nitrogens with zero attached hydrogens (tertiary/aromatic N) is 3.